The molecule has 0 radical (unpaired) electrons. The van der Waals surface area contributed by atoms with Gasteiger partial charge in [0, 0.05) is 18.6 Å². The minimum Gasteiger partial charge on any atom is -0.481 e. The van der Waals surface area contributed by atoms with Crippen molar-refractivity contribution in [3.63, 3.8) is 0 Å². The van der Waals surface area contributed by atoms with Crippen LogP contribution in [0.4, 0.5) is 0 Å². The minimum absolute atomic E-state index is 0.0177. The molecule has 1 aromatic rings. The summed E-state index contributed by atoms with van der Waals surface area (Å²) in [6.07, 6.45) is 5.85. The number of carboxylic acid groups (broad SMARTS) is 1. The molecule has 1 aromatic carbocycles. The molecule has 1 aliphatic heterocycles. The van der Waals surface area contributed by atoms with Gasteiger partial charge in [0.15, 0.2) is 6.29 Å². The van der Waals surface area contributed by atoms with Crippen LogP contribution in [0, 0.1) is 49.7 Å². The molecule has 57 heavy (non-hydrogen) atoms. The summed E-state index contributed by atoms with van der Waals surface area (Å²) < 4.78 is 19.6. The smallest absolute Gasteiger partial charge is 0.310 e. The number of carbonyl (C=O) groups is 1. The number of aliphatic hydroxyl groups excluding tert-OH is 5. The highest BCUT2D eigenvalue weighted by Crippen LogP contribution is 2.84. The molecule has 11 heteroatoms. The third-order valence-electron chi connectivity index (χ3n) is 18.4. The molecule has 7 N–H and O–H groups in total. The largest absolute Gasteiger partial charge is 0.481 e. The van der Waals surface area contributed by atoms with Crippen molar-refractivity contribution >= 4 is 5.97 Å². The van der Waals surface area contributed by atoms with Gasteiger partial charge in [-0.2, -0.15) is 0 Å². The highest BCUT2D eigenvalue weighted by atomic mass is 16.7. The SMILES string of the molecule is CNCc1ccc(CO[C@@H]2C[C@@]3(C)[C@H](CC[C@@]4(C)[C@@]56CCC[C@]43CC=C5[C@@H]3C[C@@](C)(CO)CC[C@]3(C(=O)O)CC6)[C@](C)(CO)[C@@H]2O[C@@H]2OC[C@@H](O)[C@H](O)[C@H]2O)cc1. The van der Waals surface area contributed by atoms with Gasteiger partial charge < -0.3 is 50.2 Å². The summed E-state index contributed by atoms with van der Waals surface area (Å²) in [7, 11) is 1.92. The van der Waals surface area contributed by atoms with Gasteiger partial charge >= 0.3 is 5.97 Å². The van der Waals surface area contributed by atoms with E-state index in [1.807, 2.05) is 7.05 Å². The second-order valence-electron chi connectivity index (χ2n) is 20.8. The van der Waals surface area contributed by atoms with Crippen LogP contribution in [0.25, 0.3) is 0 Å². The van der Waals surface area contributed by atoms with Crippen LogP contribution in [0.1, 0.15) is 116 Å². The number of hydrogen-bond acceptors (Lipinski definition) is 10. The van der Waals surface area contributed by atoms with Gasteiger partial charge in [-0.1, -0.05) is 70.0 Å². The van der Waals surface area contributed by atoms with Crippen molar-refractivity contribution < 1.29 is 49.6 Å². The van der Waals surface area contributed by atoms with Gasteiger partial charge in [-0.15, -0.1) is 0 Å². The predicted molar refractivity (Wildman–Crippen MR) is 212 cm³/mol. The van der Waals surface area contributed by atoms with E-state index in [1.54, 1.807) is 0 Å². The number of aliphatic carboxylic acids is 1. The Morgan fingerprint density at radius 1 is 0.895 bits per heavy atom. The molecule has 2 bridgehead atoms. The lowest BCUT2D eigenvalue weighted by Gasteiger charge is -2.79. The van der Waals surface area contributed by atoms with Gasteiger partial charge in [0.1, 0.15) is 18.3 Å². The summed E-state index contributed by atoms with van der Waals surface area (Å²) >= 11 is 0. The van der Waals surface area contributed by atoms with Gasteiger partial charge in [-0.25, -0.2) is 0 Å². The Morgan fingerprint density at radius 2 is 1.61 bits per heavy atom. The maximum atomic E-state index is 13.3. The molecule has 8 rings (SSSR count). The second-order valence-corrected chi connectivity index (χ2v) is 20.8. The summed E-state index contributed by atoms with van der Waals surface area (Å²) in [4.78, 5) is 13.3. The Bertz CT molecular complexity index is 1710. The topological polar surface area (TPSA) is 178 Å². The molecular weight excluding hydrogens is 727 g/mol. The van der Waals surface area contributed by atoms with Crippen molar-refractivity contribution in [1.82, 2.24) is 5.32 Å². The van der Waals surface area contributed by atoms with Gasteiger partial charge in [0.2, 0.25) is 0 Å². The van der Waals surface area contributed by atoms with Crippen LogP contribution in [0.5, 0.6) is 0 Å². The molecule has 7 aliphatic rings. The van der Waals surface area contributed by atoms with Crippen molar-refractivity contribution in [1.29, 1.82) is 0 Å². The van der Waals surface area contributed by atoms with E-state index in [4.69, 9.17) is 14.2 Å². The maximum Gasteiger partial charge on any atom is 0.310 e. The Kier molecular flexibility index (Phi) is 10.7. The second kappa shape index (κ2) is 14.6. The third-order valence-corrected chi connectivity index (χ3v) is 18.4. The number of nitrogens with one attached hydrogen (secondary N) is 1. The fourth-order valence-electron chi connectivity index (χ4n) is 15.2. The van der Waals surface area contributed by atoms with E-state index >= 15 is 0 Å². The lowest BCUT2D eigenvalue weighted by atomic mass is 9.25. The van der Waals surface area contributed by atoms with E-state index < -0.39 is 53.6 Å². The zero-order valence-electron chi connectivity index (χ0n) is 34.8. The highest BCUT2D eigenvalue weighted by molar-refractivity contribution is 5.76. The summed E-state index contributed by atoms with van der Waals surface area (Å²) in [5, 5.41) is 68.4. The first-order valence-corrected chi connectivity index (χ1v) is 21.8. The van der Waals surface area contributed by atoms with E-state index in [9.17, 15) is 35.4 Å². The fraction of sp³-hybridized carbons (Fsp3) is 0.804. The van der Waals surface area contributed by atoms with E-state index in [0.717, 1.165) is 63.5 Å². The van der Waals surface area contributed by atoms with Crippen LogP contribution >= 0.6 is 0 Å². The lowest BCUT2D eigenvalue weighted by Crippen LogP contribution is -2.74. The molecule has 0 amide bonds. The van der Waals surface area contributed by atoms with E-state index in [1.165, 1.54) is 11.1 Å². The Balaban J connectivity index is 1.20. The number of benzene rings is 1. The Morgan fingerprint density at radius 3 is 2.30 bits per heavy atom. The summed E-state index contributed by atoms with van der Waals surface area (Å²) in [5.74, 6) is -0.769. The summed E-state index contributed by atoms with van der Waals surface area (Å²) in [6, 6.07) is 8.34. The third kappa shape index (κ3) is 5.87. The molecule has 1 saturated heterocycles. The van der Waals surface area contributed by atoms with Crippen LogP contribution in [0.3, 0.4) is 0 Å². The molecule has 1 heterocycles. The highest BCUT2D eigenvalue weighted by Gasteiger charge is 2.78. The van der Waals surface area contributed by atoms with Gasteiger partial charge in [-0.05, 0) is 128 Å². The first kappa shape index (κ1) is 41.8. The van der Waals surface area contributed by atoms with Gasteiger partial charge in [0.25, 0.3) is 0 Å². The first-order valence-electron chi connectivity index (χ1n) is 21.8. The zero-order valence-corrected chi connectivity index (χ0v) is 34.8. The molecule has 6 fully saturated rings. The van der Waals surface area contributed by atoms with Gasteiger partial charge in [0.05, 0.1) is 37.4 Å². The van der Waals surface area contributed by atoms with Crippen LogP contribution in [0.15, 0.2) is 35.9 Å². The fourth-order valence-corrected chi connectivity index (χ4v) is 15.2. The quantitative estimate of drug-likeness (QED) is 0.124. The normalized spacial score (nSPS) is 49.1. The molecule has 1 spiro atoms. The number of fused-ring (bicyclic) bond motifs is 3. The number of carboxylic acids is 1. The van der Waals surface area contributed by atoms with Crippen molar-refractivity contribution in [3.05, 3.63) is 47.0 Å². The minimum atomic E-state index is -1.48. The number of hydrogen-bond donors (Lipinski definition) is 7. The number of rotatable bonds is 10. The molecule has 11 nitrogen and oxygen atoms in total. The molecule has 318 valence electrons. The van der Waals surface area contributed by atoms with E-state index in [-0.39, 0.29) is 58.7 Å². The van der Waals surface area contributed by atoms with Crippen molar-refractivity contribution in [2.45, 2.75) is 155 Å². The molecule has 0 unspecified atom stereocenters. The van der Waals surface area contributed by atoms with E-state index in [0.29, 0.717) is 32.3 Å². The van der Waals surface area contributed by atoms with E-state index in [2.05, 4.69) is 63.4 Å². The Hall–Kier alpha value is -1.93. The number of ether oxygens (including phenoxy) is 3. The molecule has 6 aliphatic carbocycles. The molecule has 0 aromatic heterocycles. The zero-order chi connectivity index (χ0) is 40.8. The van der Waals surface area contributed by atoms with Crippen molar-refractivity contribution in [3.8, 4) is 0 Å². The summed E-state index contributed by atoms with van der Waals surface area (Å²) in [5.41, 5.74) is 0.847. The van der Waals surface area contributed by atoms with Gasteiger partial charge in [-0.3, -0.25) is 4.79 Å². The number of allylic oxidation sites excluding steroid dienone is 2. The summed E-state index contributed by atoms with van der Waals surface area (Å²) in [6.45, 7) is 10.00. The maximum absolute atomic E-state index is 13.3. The van der Waals surface area contributed by atoms with Crippen LogP contribution in [-0.2, 0) is 32.2 Å². The van der Waals surface area contributed by atoms with Crippen LogP contribution < -0.4 is 5.32 Å². The average Bonchev–Trinajstić information content (AvgIpc) is 3.18. The first-order chi connectivity index (χ1) is 27.0. The van der Waals surface area contributed by atoms with Crippen molar-refractivity contribution in [2.24, 2.45) is 49.7 Å². The number of aliphatic hydroxyl groups is 5. The molecule has 5 saturated carbocycles. The lowest BCUT2D eigenvalue weighted by molar-refractivity contribution is -0.346. The van der Waals surface area contributed by atoms with Crippen molar-refractivity contribution in [2.75, 3.05) is 26.9 Å². The Labute approximate surface area is 338 Å². The monoisotopic (exact) mass is 795 g/mol. The predicted octanol–water partition coefficient (Wildman–Crippen LogP) is 5.09. The average molecular weight is 796 g/mol. The standard InChI is InChI=1S/C46H69NO10/c1-40(26-48)17-18-44(39(53)54)19-20-45-13-6-14-46(16-11-30(45)31(44)21-40)42(3)22-33(55-24-29-9-7-28(8-10-29)23-47-5)37(57-38-36(52)35(51)32(50)25-56-38)41(2,27-49)34(42)12-15-43(45,46)4/h7-11,31-38,47-52H,6,12-27H2,1-5H3,(H,53,54)/t31-,32+,33+,34+,35-,36+,37+,38-,40-,41-,42-,43-,44-,45+,46+/m0/s1. The molecular formula is C46H69NO10. The van der Waals surface area contributed by atoms with Crippen LogP contribution in [-0.4, -0.2) is 100 Å². The molecule has 15 atom stereocenters. The van der Waals surface area contributed by atoms with Crippen LogP contribution in [0.2, 0.25) is 0 Å².